The predicted molar refractivity (Wildman–Crippen MR) is 115 cm³/mol. The minimum atomic E-state index is 0.360. The second-order valence-corrected chi connectivity index (χ2v) is 10.7. The van der Waals surface area contributed by atoms with E-state index in [0.29, 0.717) is 11.1 Å². The number of hydrogen-bond acceptors (Lipinski definition) is 3. The molecule has 3 fully saturated rings. The molecular formula is C23H47N3. The Kier molecular flexibility index (Phi) is 8.43. The summed E-state index contributed by atoms with van der Waals surface area (Å²) in [5.41, 5.74) is 0.763. The van der Waals surface area contributed by atoms with Gasteiger partial charge in [-0.25, -0.2) is 0 Å². The summed E-state index contributed by atoms with van der Waals surface area (Å²) in [5.74, 6) is 0. The Balaban J connectivity index is 0.000000209. The van der Waals surface area contributed by atoms with Crippen LogP contribution in [0.1, 0.15) is 92.9 Å². The third-order valence-electron chi connectivity index (χ3n) is 6.66. The first-order chi connectivity index (χ1) is 12.2. The SMILES string of the molecule is CC(C)(C)N1CCCCC1.CC(C)(C)N1CCN(C2CCCCC2)CC1. The first kappa shape index (κ1) is 22.2. The van der Waals surface area contributed by atoms with Gasteiger partial charge in [-0.05, 0) is 80.3 Å². The average Bonchev–Trinajstić information content (AvgIpc) is 2.62. The van der Waals surface area contributed by atoms with Crippen LogP contribution in [0.4, 0.5) is 0 Å². The van der Waals surface area contributed by atoms with E-state index in [1.807, 2.05) is 0 Å². The van der Waals surface area contributed by atoms with Gasteiger partial charge in [0.2, 0.25) is 0 Å². The molecule has 0 amide bonds. The van der Waals surface area contributed by atoms with Crippen LogP contribution < -0.4 is 0 Å². The van der Waals surface area contributed by atoms with Crippen molar-refractivity contribution in [3.63, 3.8) is 0 Å². The van der Waals surface area contributed by atoms with E-state index in [0.717, 1.165) is 6.04 Å². The van der Waals surface area contributed by atoms with Crippen molar-refractivity contribution < 1.29 is 0 Å². The van der Waals surface area contributed by atoms with Crippen LogP contribution in [0.2, 0.25) is 0 Å². The molecule has 0 aromatic carbocycles. The van der Waals surface area contributed by atoms with Crippen LogP contribution in [0, 0.1) is 0 Å². The highest BCUT2D eigenvalue weighted by Crippen LogP contribution is 2.25. The highest BCUT2D eigenvalue weighted by molar-refractivity contribution is 4.85. The van der Waals surface area contributed by atoms with Crippen LogP contribution in [0.5, 0.6) is 0 Å². The Hall–Kier alpha value is -0.120. The van der Waals surface area contributed by atoms with Gasteiger partial charge in [0.05, 0.1) is 0 Å². The molecule has 2 aliphatic heterocycles. The molecule has 1 aliphatic carbocycles. The van der Waals surface area contributed by atoms with E-state index in [9.17, 15) is 0 Å². The molecule has 154 valence electrons. The number of rotatable bonds is 1. The molecule has 0 unspecified atom stereocenters. The molecule has 0 aromatic rings. The smallest absolute Gasteiger partial charge is 0.0126 e. The molecule has 0 spiro atoms. The molecule has 26 heavy (non-hydrogen) atoms. The zero-order valence-electron chi connectivity index (χ0n) is 18.8. The fraction of sp³-hybridized carbons (Fsp3) is 1.00. The maximum absolute atomic E-state index is 2.75. The Morgan fingerprint density at radius 2 is 0.923 bits per heavy atom. The van der Waals surface area contributed by atoms with Crippen molar-refractivity contribution in [3.05, 3.63) is 0 Å². The van der Waals surface area contributed by atoms with Crippen molar-refractivity contribution in [1.82, 2.24) is 14.7 Å². The van der Waals surface area contributed by atoms with Gasteiger partial charge in [0.15, 0.2) is 0 Å². The number of nitrogens with zero attached hydrogens (tertiary/aromatic N) is 3. The second kappa shape index (κ2) is 9.89. The first-order valence-corrected chi connectivity index (χ1v) is 11.4. The third kappa shape index (κ3) is 7.13. The van der Waals surface area contributed by atoms with Crippen LogP contribution in [0.3, 0.4) is 0 Å². The molecule has 0 bridgehead atoms. The largest absolute Gasteiger partial charge is 0.298 e. The lowest BCUT2D eigenvalue weighted by atomic mass is 9.93. The standard InChI is InChI=1S/C14H28N2.C9H19N/c1-14(2,3)16-11-9-15(10-12-16)13-7-5-4-6-8-13;1-9(2,3)10-7-5-4-6-8-10/h13H,4-12H2,1-3H3;4-8H2,1-3H3. The monoisotopic (exact) mass is 365 g/mol. The van der Waals surface area contributed by atoms with Crippen molar-refractivity contribution in [3.8, 4) is 0 Å². The van der Waals surface area contributed by atoms with Gasteiger partial charge in [0, 0.05) is 43.3 Å². The van der Waals surface area contributed by atoms with Crippen LogP contribution in [-0.4, -0.2) is 71.1 Å². The fourth-order valence-corrected chi connectivity index (χ4v) is 4.77. The summed E-state index contributed by atoms with van der Waals surface area (Å²) >= 11 is 0. The van der Waals surface area contributed by atoms with E-state index in [-0.39, 0.29) is 0 Å². The zero-order chi connectivity index (χ0) is 19.2. The van der Waals surface area contributed by atoms with Gasteiger partial charge in [-0.1, -0.05) is 25.7 Å². The molecule has 0 atom stereocenters. The summed E-state index contributed by atoms with van der Waals surface area (Å²) in [4.78, 5) is 7.96. The van der Waals surface area contributed by atoms with Crippen LogP contribution >= 0.6 is 0 Å². The molecule has 0 N–H and O–H groups in total. The van der Waals surface area contributed by atoms with Crippen molar-refractivity contribution in [1.29, 1.82) is 0 Å². The zero-order valence-corrected chi connectivity index (χ0v) is 18.8. The lowest BCUT2D eigenvalue weighted by molar-refractivity contribution is 0.0333. The van der Waals surface area contributed by atoms with E-state index in [4.69, 9.17) is 0 Å². The van der Waals surface area contributed by atoms with Gasteiger partial charge in [-0.15, -0.1) is 0 Å². The molecule has 3 heteroatoms. The van der Waals surface area contributed by atoms with E-state index in [2.05, 4.69) is 56.2 Å². The van der Waals surface area contributed by atoms with Gasteiger partial charge < -0.3 is 0 Å². The quantitative estimate of drug-likeness (QED) is 0.647. The van der Waals surface area contributed by atoms with Crippen LogP contribution in [0.25, 0.3) is 0 Å². The summed E-state index contributed by atoms with van der Waals surface area (Å²) < 4.78 is 0. The maximum Gasteiger partial charge on any atom is 0.0126 e. The fourth-order valence-electron chi connectivity index (χ4n) is 4.77. The lowest BCUT2D eigenvalue weighted by Gasteiger charge is -2.45. The molecule has 3 aliphatic rings. The van der Waals surface area contributed by atoms with E-state index >= 15 is 0 Å². The molecule has 3 rings (SSSR count). The number of hydrogen-bond donors (Lipinski definition) is 0. The Morgan fingerprint density at radius 3 is 1.35 bits per heavy atom. The van der Waals surface area contributed by atoms with Gasteiger partial charge >= 0.3 is 0 Å². The Morgan fingerprint density at radius 1 is 0.500 bits per heavy atom. The van der Waals surface area contributed by atoms with Crippen molar-refractivity contribution >= 4 is 0 Å². The maximum atomic E-state index is 2.75. The van der Waals surface area contributed by atoms with Gasteiger partial charge in [0.1, 0.15) is 0 Å². The topological polar surface area (TPSA) is 9.72 Å². The highest BCUT2D eigenvalue weighted by Gasteiger charge is 2.29. The number of piperidine rings is 1. The normalized spacial score (nSPS) is 25.6. The summed E-state index contributed by atoms with van der Waals surface area (Å²) in [6.07, 6.45) is 11.5. The molecule has 1 saturated carbocycles. The van der Waals surface area contributed by atoms with E-state index in [1.54, 1.807) is 0 Å². The van der Waals surface area contributed by atoms with Crippen LogP contribution in [0.15, 0.2) is 0 Å². The molecule has 2 heterocycles. The minimum Gasteiger partial charge on any atom is -0.298 e. The highest BCUT2D eigenvalue weighted by atomic mass is 15.3. The van der Waals surface area contributed by atoms with Crippen LogP contribution in [-0.2, 0) is 0 Å². The predicted octanol–water partition coefficient (Wildman–Crippen LogP) is 5.01. The number of likely N-dealkylation sites (tertiary alicyclic amines) is 1. The van der Waals surface area contributed by atoms with E-state index < -0.39 is 0 Å². The minimum absolute atomic E-state index is 0.360. The Labute approximate surface area is 164 Å². The lowest BCUT2D eigenvalue weighted by Crippen LogP contribution is -2.55. The summed E-state index contributed by atoms with van der Waals surface area (Å²) in [6.45, 7) is 21.7. The molecule has 3 nitrogen and oxygen atoms in total. The van der Waals surface area contributed by atoms with Gasteiger partial charge in [0.25, 0.3) is 0 Å². The molecular weight excluding hydrogens is 318 g/mol. The summed E-state index contributed by atoms with van der Waals surface area (Å²) in [5, 5.41) is 0. The van der Waals surface area contributed by atoms with E-state index in [1.165, 1.54) is 90.6 Å². The van der Waals surface area contributed by atoms with Crippen molar-refractivity contribution in [2.75, 3.05) is 39.3 Å². The number of piperazine rings is 1. The van der Waals surface area contributed by atoms with Crippen molar-refractivity contribution in [2.45, 2.75) is 110 Å². The first-order valence-electron chi connectivity index (χ1n) is 11.4. The second-order valence-electron chi connectivity index (χ2n) is 10.7. The molecule has 2 saturated heterocycles. The molecule has 0 aromatic heterocycles. The van der Waals surface area contributed by atoms with Crippen molar-refractivity contribution in [2.24, 2.45) is 0 Å². The average molecular weight is 366 g/mol. The summed E-state index contributed by atoms with van der Waals surface area (Å²) in [6, 6.07) is 0.913. The van der Waals surface area contributed by atoms with Gasteiger partial charge in [-0.3, -0.25) is 14.7 Å². The molecule has 0 radical (unpaired) electrons. The Bertz CT molecular complexity index is 373. The summed E-state index contributed by atoms with van der Waals surface area (Å²) in [7, 11) is 0. The van der Waals surface area contributed by atoms with Gasteiger partial charge in [-0.2, -0.15) is 0 Å². The third-order valence-corrected chi connectivity index (χ3v) is 6.66.